The van der Waals surface area contributed by atoms with Crippen molar-refractivity contribution in [1.29, 1.82) is 0 Å². The minimum absolute atomic E-state index is 0.0479. The zero-order valence-electron chi connectivity index (χ0n) is 17.6. The largest absolute Gasteiger partial charge is 0.492 e. The van der Waals surface area contributed by atoms with Crippen molar-refractivity contribution in [3.63, 3.8) is 0 Å². The summed E-state index contributed by atoms with van der Waals surface area (Å²) in [6.07, 6.45) is 0. The molecular formula is C23H21N5O4S. The summed E-state index contributed by atoms with van der Waals surface area (Å²) in [5, 5.41) is 32.2. The molecule has 9 nitrogen and oxygen atoms in total. The number of nitrogens with zero attached hydrogens (tertiary/aromatic N) is 4. The summed E-state index contributed by atoms with van der Waals surface area (Å²) >= 11 is 0. The van der Waals surface area contributed by atoms with Crippen LogP contribution in [0.15, 0.2) is 94.0 Å². The summed E-state index contributed by atoms with van der Waals surface area (Å²) in [6.45, 7) is 1.52. The minimum atomic E-state index is -3.82. The first kappa shape index (κ1) is 22.2. The second-order valence-electron chi connectivity index (χ2n) is 7.16. The Morgan fingerprint density at radius 2 is 1.70 bits per heavy atom. The van der Waals surface area contributed by atoms with Crippen LogP contribution in [0.1, 0.15) is 11.3 Å². The second kappa shape index (κ2) is 9.23. The lowest BCUT2D eigenvalue weighted by atomic mass is 10.2. The van der Waals surface area contributed by atoms with Gasteiger partial charge >= 0.3 is 0 Å². The van der Waals surface area contributed by atoms with Crippen LogP contribution >= 0.6 is 0 Å². The molecule has 0 spiro atoms. The van der Waals surface area contributed by atoms with Crippen LogP contribution in [0, 0.1) is 6.92 Å². The maximum Gasteiger partial charge on any atom is 0.261 e. The number of rotatable bonds is 7. The lowest BCUT2D eigenvalue weighted by Gasteiger charge is -2.09. The Balaban J connectivity index is 1.53. The molecule has 0 saturated heterocycles. The van der Waals surface area contributed by atoms with Gasteiger partial charge in [-0.2, -0.15) is 14.9 Å². The summed E-state index contributed by atoms with van der Waals surface area (Å²) in [5.74, 6) is -0.143. The summed E-state index contributed by atoms with van der Waals surface area (Å²) in [6, 6.07) is 21.5. The fourth-order valence-corrected chi connectivity index (χ4v) is 4.17. The van der Waals surface area contributed by atoms with Gasteiger partial charge in [0.1, 0.15) is 0 Å². The van der Waals surface area contributed by atoms with Crippen molar-refractivity contribution in [2.24, 2.45) is 10.2 Å². The number of hydrogen-bond donors (Lipinski definition) is 3. The van der Waals surface area contributed by atoms with E-state index in [1.165, 1.54) is 28.9 Å². The number of sulfonamides is 1. The summed E-state index contributed by atoms with van der Waals surface area (Å²) < 4.78 is 29.1. The van der Waals surface area contributed by atoms with Gasteiger partial charge in [0.05, 0.1) is 28.6 Å². The average molecular weight is 464 g/mol. The zero-order valence-corrected chi connectivity index (χ0v) is 18.4. The van der Waals surface area contributed by atoms with Crippen LogP contribution in [-0.2, 0) is 16.6 Å². The molecule has 3 aromatic carbocycles. The molecule has 4 rings (SSSR count). The van der Waals surface area contributed by atoms with E-state index in [4.69, 9.17) is 0 Å². The number of para-hydroxylation sites is 1. The molecule has 0 atom stereocenters. The quantitative estimate of drug-likeness (QED) is 0.345. The molecule has 168 valence electrons. The predicted octanol–water partition coefficient (Wildman–Crippen LogP) is 4.59. The Kier molecular flexibility index (Phi) is 6.20. The van der Waals surface area contributed by atoms with E-state index in [9.17, 15) is 18.6 Å². The SMILES string of the molecule is Cc1nn(-c2ccccc2)c(O)c1/N=N/c1ccc(S(=O)(=O)Nc2cccc(CO)c2)cc1. The first-order valence-corrected chi connectivity index (χ1v) is 11.4. The second-order valence-corrected chi connectivity index (χ2v) is 8.85. The zero-order chi connectivity index (χ0) is 23.4. The molecule has 33 heavy (non-hydrogen) atoms. The highest BCUT2D eigenvalue weighted by Gasteiger charge is 2.16. The lowest BCUT2D eigenvalue weighted by Crippen LogP contribution is -2.12. The van der Waals surface area contributed by atoms with Gasteiger partial charge in [-0.05, 0) is 61.0 Å². The fraction of sp³-hybridized carbons (Fsp3) is 0.0870. The maximum absolute atomic E-state index is 12.6. The van der Waals surface area contributed by atoms with E-state index in [-0.39, 0.29) is 23.1 Å². The van der Waals surface area contributed by atoms with Crippen LogP contribution in [0.25, 0.3) is 5.69 Å². The number of aliphatic hydroxyl groups is 1. The van der Waals surface area contributed by atoms with Gasteiger partial charge in [-0.3, -0.25) is 4.72 Å². The normalized spacial score (nSPS) is 11.7. The Morgan fingerprint density at radius 3 is 2.39 bits per heavy atom. The van der Waals surface area contributed by atoms with Crippen molar-refractivity contribution >= 4 is 27.1 Å². The first-order chi connectivity index (χ1) is 15.9. The van der Waals surface area contributed by atoms with Crippen LogP contribution in [0.4, 0.5) is 17.1 Å². The van der Waals surface area contributed by atoms with Crippen molar-refractivity contribution in [2.75, 3.05) is 4.72 Å². The van der Waals surface area contributed by atoms with E-state index < -0.39 is 10.0 Å². The predicted molar refractivity (Wildman–Crippen MR) is 124 cm³/mol. The molecule has 3 N–H and O–H groups in total. The molecule has 1 aromatic heterocycles. The standard InChI is InChI=1S/C23H21N5O4S/c1-16-22(23(30)28(26-16)20-8-3-2-4-9-20)25-24-18-10-12-21(13-11-18)33(31,32)27-19-7-5-6-17(14-19)15-29/h2-14,27,29-30H,15H2,1H3/b25-24+. The monoisotopic (exact) mass is 463 g/mol. The molecule has 0 saturated carbocycles. The number of benzene rings is 3. The molecule has 0 fully saturated rings. The number of aliphatic hydroxyl groups excluding tert-OH is 1. The number of nitrogens with one attached hydrogen (secondary N) is 1. The van der Waals surface area contributed by atoms with Crippen molar-refractivity contribution in [2.45, 2.75) is 18.4 Å². The fourth-order valence-electron chi connectivity index (χ4n) is 3.12. The van der Waals surface area contributed by atoms with Gasteiger partial charge in [0.2, 0.25) is 5.88 Å². The highest BCUT2D eigenvalue weighted by Crippen LogP contribution is 2.33. The smallest absolute Gasteiger partial charge is 0.261 e. The van der Waals surface area contributed by atoms with Crippen molar-refractivity contribution in [1.82, 2.24) is 9.78 Å². The highest BCUT2D eigenvalue weighted by molar-refractivity contribution is 7.92. The average Bonchev–Trinajstić information content (AvgIpc) is 3.11. The molecule has 0 radical (unpaired) electrons. The molecule has 1 heterocycles. The Labute approximate surface area is 190 Å². The molecule has 0 aliphatic rings. The third-order valence-corrected chi connectivity index (χ3v) is 6.18. The number of anilines is 1. The van der Waals surface area contributed by atoms with E-state index in [1.807, 2.05) is 18.2 Å². The summed E-state index contributed by atoms with van der Waals surface area (Å²) in [7, 11) is -3.82. The van der Waals surface area contributed by atoms with Crippen LogP contribution in [0.5, 0.6) is 5.88 Å². The van der Waals surface area contributed by atoms with Crippen LogP contribution in [0.2, 0.25) is 0 Å². The number of aryl methyl sites for hydroxylation is 1. The van der Waals surface area contributed by atoms with Gasteiger partial charge in [-0.1, -0.05) is 30.3 Å². The van der Waals surface area contributed by atoms with Crippen molar-refractivity contribution in [3.05, 3.63) is 90.1 Å². The summed E-state index contributed by atoms with van der Waals surface area (Å²) in [4.78, 5) is 0.0479. The van der Waals surface area contributed by atoms with Crippen LogP contribution in [-0.4, -0.2) is 28.4 Å². The number of aromatic hydroxyl groups is 1. The van der Waals surface area contributed by atoms with Gasteiger partial charge in [0.15, 0.2) is 5.69 Å². The van der Waals surface area contributed by atoms with E-state index in [1.54, 1.807) is 43.3 Å². The van der Waals surface area contributed by atoms with Crippen LogP contribution < -0.4 is 4.72 Å². The van der Waals surface area contributed by atoms with E-state index >= 15 is 0 Å². The Morgan fingerprint density at radius 1 is 0.970 bits per heavy atom. The topological polar surface area (TPSA) is 129 Å². The van der Waals surface area contributed by atoms with E-state index in [2.05, 4.69) is 20.0 Å². The van der Waals surface area contributed by atoms with Gasteiger partial charge in [0.25, 0.3) is 10.0 Å². The number of aromatic nitrogens is 2. The third-order valence-electron chi connectivity index (χ3n) is 4.78. The minimum Gasteiger partial charge on any atom is -0.492 e. The molecule has 0 aliphatic carbocycles. The van der Waals surface area contributed by atoms with Gasteiger partial charge in [-0.15, -0.1) is 5.11 Å². The summed E-state index contributed by atoms with van der Waals surface area (Å²) in [5.41, 5.74) is 2.76. The van der Waals surface area contributed by atoms with Gasteiger partial charge in [0, 0.05) is 5.69 Å². The Hall–Kier alpha value is -4.02. The molecule has 0 bridgehead atoms. The van der Waals surface area contributed by atoms with E-state index in [0.29, 0.717) is 28.3 Å². The third kappa shape index (κ3) is 4.92. The molecular weight excluding hydrogens is 442 g/mol. The molecule has 4 aromatic rings. The van der Waals surface area contributed by atoms with Crippen molar-refractivity contribution < 1.29 is 18.6 Å². The van der Waals surface area contributed by atoms with Crippen LogP contribution in [0.3, 0.4) is 0 Å². The highest BCUT2D eigenvalue weighted by atomic mass is 32.2. The van der Waals surface area contributed by atoms with Gasteiger partial charge in [-0.25, -0.2) is 8.42 Å². The van der Waals surface area contributed by atoms with Crippen molar-refractivity contribution in [3.8, 4) is 11.6 Å². The molecule has 10 heteroatoms. The number of hydrogen-bond acceptors (Lipinski definition) is 7. The van der Waals surface area contributed by atoms with Gasteiger partial charge < -0.3 is 10.2 Å². The Bertz CT molecular complexity index is 1400. The van der Waals surface area contributed by atoms with E-state index in [0.717, 1.165) is 0 Å². The maximum atomic E-state index is 12.6. The first-order valence-electron chi connectivity index (χ1n) is 9.96. The molecule has 0 aliphatic heterocycles. The molecule has 0 unspecified atom stereocenters. The lowest BCUT2D eigenvalue weighted by molar-refractivity contribution is 0.282. The molecule has 0 amide bonds. The number of azo groups is 1.